The molecule has 0 atom stereocenters. The lowest BCUT2D eigenvalue weighted by Gasteiger charge is -2.18. The summed E-state index contributed by atoms with van der Waals surface area (Å²) in [6, 6.07) is 21.4. The number of carbonyl (C=O) groups excluding carboxylic acids is 1. The molecule has 0 bridgehead atoms. The molecular weight excluding hydrogens is 412 g/mol. The van der Waals surface area contributed by atoms with Crippen LogP contribution in [0.15, 0.2) is 82.7 Å². The van der Waals surface area contributed by atoms with Crippen LogP contribution in [0.25, 0.3) is 6.08 Å². The van der Waals surface area contributed by atoms with Crippen LogP contribution in [-0.4, -0.2) is 30.4 Å². The second-order valence-electron chi connectivity index (χ2n) is 6.58. The molecule has 7 heteroatoms. The summed E-state index contributed by atoms with van der Waals surface area (Å²) in [4.78, 5) is 20.2. The van der Waals surface area contributed by atoms with Crippen molar-refractivity contribution in [3.8, 4) is 17.2 Å². The first-order valence-corrected chi connectivity index (χ1v) is 10.3. The van der Waals surface area contributed by atoms with Crippen molar-refractivity contribution >= 4 is 40.3 Å². The summed E-state index contributed by atoms with van der Waals surface area (Å²) < 4.78 is 10.9. The predicted molar refractivity (Wildman–Crippen MR) is 124 cm³/mol. The van der Waals surface area contributed by atoms with Crippen LogP contribution >= 0.6 is 11.8 Å². The monoisotopic (exact) mass is 432 g/mol. The number of methoxy groups -OCH3 is 2. The van der Waals surface area contributed by atoms with E-state index in [9.17, 15) is 9.90 Å². The predicted octanol–water partition coefficient (Wildman–Crippen LogP) is 5.22. The molecule has 0 saturated carbocycles. The number of benzene rings is 3. The third kappa shape index (κ3) is 4.27. The summed E-state index contributed by atoms with van der Waals surface area (Å²) >= 11 is 1.27. The van der Waals surface area contributed by atoms with Gasteiger partial charge >= 0.3 is 0 Å². The number of thioether (sulfide) groups is 1. The van der Waals surface area contributed by atoms with Crippen molar-refractivity contribution in [3.63, 3.8) is 0 Å². The summed E-state index contributed by atoms with van der Waals surface area (Å²) in [5, 5.41) is 10.0. The number of hydrogen-bond donors (Lipinski definition) is 1. The Kier molecular flexibility index (Phi) is 5.95. The number of amidine groups is 1. The van der Waals surface area contributed by atoms with E-state index in [0.29, 0.717) is 32.9 Å². The number of aliphatic imine (C=N–C) groups is 1. The number of para-hydroxylation sites is 4. The van der Waals surface area contributed by atoms with Gasteiger partial charge in [0.05, 0.1) is 24.8 Å². The van der Waals surface area contributed by atoms with Gasteiger partial charge in [0.1, 0.15) is 22.9 Å². The molecule has 1 fully saturated rings. The van der Waals surface area contributed by atoms with Crippen molar-refractivity contribution < 1.29 is 19.4 Å². The van der Waals surface area contributed by atoms with Gasteiger partial charge in [-0.15, -0.1) is 0 Å². The highest BCUT2D eigenvalue weighted by Gasteiger charge is 2.36. The SMILES string of the molecule is COc1ccccc1N=C1SC(=Cc2ccc(O)cc2)C(=O)N1c1ccccc1OC. The Bertz CT molecular complexity index is 1170. The van der Waals surface area contributed by atoms with Gasteiger partial charge in [-0.25, -0.2) is 4.99 Å². The molecular formula is C24H20N2O4S. The Morgan fingerprint density at radius 3 is 2.26 bits per heavy atom. The third-order valence-corrected chi connectivity index (χ3v) is 5.59. The van der Waals surface area contributed by atoms with Crippen LogP contribution in [0.3, 0.4) is 0 Å². The molecule has 1 N–H and O–H groups in total. The van der Waals surface area contributed by atoms with Crippen LogP contribution in [-0.2, 0) is 4.79 Å². The van der Waals surface area contributed by atoms with E-state index in [2.05, 4.69) is 0 Å². The molecule has 3 aromatic rings. The van der Waals surface area contributed by atoms with E-state index in [1.165, 1.54) is 11.8 Å². The van der Waals surface area contributed by atoms with Gasteiger partial charge in [0, 0.05) is 0 Å². The maximum Gasteiger partial charge on any atom is 0.271 e. The molecule has 6 nitrogen and oxygen atoms in total. The number of rotatable bonds is 5. The van der Waals surface area contributed by atoms with Gasteiger partial charge in [0.25, 0.3) is 5.91 Å². The molecule has 156 valence electrons. The Labute approximate surface area is 184 Å². The number of aromatic hydroxyl groups is 1. The number of carbonyl (C=O) groups is 1. The minimum absolute atomic E-state index is 0.168. The summed E-state index contributed by atoms with van der Waals surface area (Å²) in [5.41, 5.74) is 2.02. The number of phenolic OH excluding ortho intramolecular Hbond substituents is 1. The second-order valence-corrected chi connectivity index (χ2v) is 7.59. The fourth-order valence-electron chi connectivity index (χ4n) is 3.12. The minimum atomic E-state index is -0.212. The van der Waals surface area contributed by atoms with Crippen LogP contribution in [0.1, 0.15) is 5.56 Å². The van der Waals surface area contributed by atoms with E-state index >= 15 is 0 Å². The van der Waals surface area contributed by atoms with Gasteiger partial charge < -0.3 is 14.6 Å². The molecule has 1 saturated heterocycles. The third-order valence-electron chi connectivity index (χ3n) is 4.62. The van der Waals surface area contributed by atoms with Crippen molar-refractivity contribution in [1.29, 1.82) is 0 Å². The molecule has 0 unspecified atom stereocenters. The number of hydrogen-bond acceptors (Lipinski definition) is 6. The topological polar surface area (TPSA) is 71.4 Å². The molecule has 0 radical (unpaired) electrons. The van der Waals surface area contributed by atoms with E-state index in [1.54, 1.807) is 55.5 Å². The number of ether oxygens (including phenoxy) is 2. The lowest BCUT2D eigenvalue weighted by Crippen LogP contribution is -2.29. The van der Waals surface area contributed by atoms with Crippen LogP contribution in [0.2, 0.25) is 0 Å². The lowest BCUT2D eigenvalue weighted by atomic mass is 10.2. The molecule has 1 heterocycles. The average molecular weight is 433 g/mol. The zero-order valence-corrected chi connectivity index (χ0v) is 17.8. The van der Waals surface area contributed by atoms with Gasteiger partial charge in [-0.05, 0) is 59.8 Å². The van der Waals surface area contributed by atoms with Crippen molar-refractivity contribution in [2.75, 3.05) is 19.1 Å². The second kappa shape index (κ2) is 8.97. The molecule has 31 heavy (non-hydrogen) atoms. The summed E-state index contributed by atoms with van der Waals surface area (Å²) in [6.45, 7) is 0. The largest absolute Gasteiger partial charge is 0.508 e. The molecule has 1 aliphatic heterocycles. The van der Waals surface area contributed by atoms with E-state index < -0.39 is 0 Å². The molecule has 4 rings (SSSR count). The van der Waals surface area contributed by atoms with Crippen LogP contribution in [0.4, 0.5) is 11.4 Å². The Hall–Kier alpha value is -3.71. The molecule has 3 aromatic carbocycles. The molecule has 1 amide bonds. The fraction of sp³-hybridized carbons (Fsp3) is 0.0833. The first kappa shape index (κ1) is 20.6. The highest BCUT2D eigenvalue weighted by molar-refractivity contribution is 8.19. The molecule has 1 aliphatic rings. The Balaban J connectivity index is 1.83. The zero-order chi connectivity index (χ0) is 21.8. The van der Waals surface area contributed by atoms with Crippen LogP contribution < -0.4 is 14.4 Å². The quantitative estimate of drug-likeness (QED) is 0.560. The maximum absolute atomic E-state index is 13.4. The van der Waals surface area contributed by atoms with Gasteiger partial charge in [0.2, 0.25) is 0 Å². The Morgan fingerprint density at radius 2 is 1.55 bits per heavy atom. The zero-order valence-electron chi connectivity index (χ0n) is 17.0. The van der Waals surface area contributed by atoms with Crippen molar-refractivity contribution in [2.24, 2.45) is 4.99 Å². The van der Waals surface area contributed by atoms with Gasteiger partial charge in [-0.1, -0.05) is 36.4 Å². The summed E-state index contributed by atoms with van der Waals surface area (Å²) in [6.07, 6.45) is 1.78. The van der Waals surface area contributed by atoms with Crippen molar-refractivity contribution in [2.45, 2.75) is 0 Å². The number of phenols is 1. The van der Waals surface area contributed by atoms with Crippen LogP contribution in [0.5, 0.6) is 17.2 Å². The standard InChI is InChI=1S/C24H20N2O4S/c1-29-20-9-5-3-7-18(20)25-24-26(19-8-4-6-10-21(19)30-2)23(28)22(31-24)15-16-11-13-17(27)14-12-16/h3-15,27H,1-2H3. The smallest absolute Gasteiger partial charge is 0.271 e. The van der Waals surface area contributed by atoms with E-state index in [1.807, 2.05) is 42.5 Å². The first-order valence-electron chi connectivity index (χ1n) is 9.48. The molecule has 0 aromatic heterocycles. The average Bonchev–Trinajstić information content (AvgIpc) is 3.10. The number of anilines is 1. The maximum atomic E-state index is 13.4. The number of nitrogens with zero attached hydrogens (tertiary/aromatic N) is 2. The highest BCUT2D eigenvalue weighted by Crippen LogP contribution is 2.41. The normalized spacial score (nSPS) is 16.2. The van der Waals surface area contributed by atoms with Gasteiger partial charge in [0.15, 0.2) is 5.17 Å². The first-order chi connectivity index (χ1) is 15.1. The van der Waals surface area contributed by atoms with E-state index in [0.717, 1.165) is 5.56 Å². The number of amides is 1. The Morgan fingerprint density at radius 1 is 0.903 bits per heavy atom. The molecule has 0 aliphatic carbocycles. The van der Waals surface area contributed by atoms with Gasteiger partial charge in [-0.3, -0.25) is 9.69 Å². The lowest BCUT2D eigenvalue weighted by molar-refractivity contribution is -0.113. The van der Waals surface area contributed by atoms with E-state index in [4.69, 9.17) is 14.5 Å². The highest BCUT2D eigenvalue weighted by atomic mass is 32.2. The van der Waals surface area contributed by atoms with E-state index in [-0.39, 0.29) is 11.7 Å². The van der Waals surface area contributed by atoms with Crippen LogP contribution in [0, 0.1) is 0 Å². The van der Waals surface area contributed by atoms with Gasteiger partial charge in [-0.2, -0.15) is 0 Å². The summed E-state index contributed by atoms with van der Waals surface area (Å²) in [5.74, 6) is 1.13. The van der Waals surface area contributed by atoms with Crippen molar-refractivity contribution in [1.82, 2.24) is 0 Å². The van der Waals surface area contributed by atoms with Crippen molar-refractivity contribution in [3.05, 3.63) is 83.3 Å². The summed E-state index contributed by atoms with van der Waals surface area (Å²) in [7, 11) is 3.15. The fourth-order valence-corrected chi connectivity index (χ4v) is 4.11. The molecule has 0 spiro atoms. The minimum Gasteiger partial charge on any atom is -0.508 e.